The number of carboxylic acid groups (broad SMARTS) is 1. The van der Waals surface area contributed by atoms with Crippen molar-refractivity contribution in [2.24, 2.45) is 11.8 Å². The Morgan fingerprint density at radius 2 is 1.67 bits per heavy atom. The van der Waals surface area contributed by atoms with E-state index in [9.17, 15) is 24.8 Å². The van der Waals surface area contributed by atoms with E-state index >= 15 is 0 Å². The summed E-state index contributed by atoms with van der Waals surface area (Å²) in [6, 6.07) is 11.3. The van der Waals surface area contributed by atoms with Crippen molar-refractivity contribution in [1.29, 1.82) is 0 Å². The van der Waals surface area contributed by atoms with Crippen LogP contribution in [0.3, 0.4) is 0 Å². The Morgan fingerprint density at radius 3 is 2.15 bits per heavy atom. The molecule has 0 spiro atoms. The van der Waals surface area contributed by atoms with Gasteiger partial charge in [-0.1, -0.05) is 36.2 Å². The van der Waals surface area contributed by atoms with E-state index in [2.05, 4.69) is 5.32 Å². The molecule has 0 aliphatic carbocycles. The molecule has 142 valence electrons. The summed E-state index contributed by atoms with van der Waals surface area (Å²) in [5, 5.41) is 22.8. The third-order valence-electron chi connectivity index (χ3n) is 4.41. The molecule has 7 nitrogen and oxygen atoms in total. The Hall–Kier alpha value is -3.22. The summed E-state index contributed by atoms with van der Waals surface area (Å²) in [5.74, 6) is -3.15. The fourth-order valence-corrected chi connectivity index (χ4v) is 3.01. The molecule has 27 heavy (non-hydrogen) atoms. The van der Waals surface area contributed by atoms with Crippen LogP contribution in [0.4, 0.5) is 11.4 Å². The largest absolute Gasteiger partial charge is 0.481 e. The van der Waals surface area contributed by atoms with Crippen LogP contribution in [0.1, 0.15) is 23.6 Å². The highest BCUT2D eigenvalue weighted by Crippen LogP contribution is 2.23. The average molecular weight is 370 g/mol. The summed E-state index contributed by atoms with van der Waals surface area (Å²) in [7, 11) is 0. The molecule has 0 unspecified atom stereocenters. The van der Waals surface area contributed by atoms with Crippen LogP contribution in [0.2, 0.25) is 0 Å². The van der Waals surface area contributed by atoms with Gasteiger partial charge in [0.05, 0.1) is 16.8 Å². The van der Waals surface area contributed by atoms with Crippen LogP contribution in [0, 0.1) is 35.8 Å². The van der Waals surface area contributed by atoms with Gasteiger partial charge in [0, 0.05) is 17.8 Å². The Kier molecular flexibility index (Phi) is 6.28. The van der Waals surface area contributed by atoms with Gasteiger partial charge in [-0.3, -0.25) is 19.7 Å². The maximum atomic E-state index is 12.7. The molecule has 0 aliphatic heterocycles. The van der Waals surface area contributed by atoms with Gasteiger partial charge in [-0.25, -0.2) is 0 Å². The summed E-state index contributed by atoms with van der Waals surface area (Å²) < 4.78 is 0. The minimum Gasteiger partial charge on any atom is -0.481 e. The predicted molar refractivity (Wildman–Crippen MR) is 102 cm³/mol. The molecular weight excluding hydrogens is 348 g/mol. The number of nitrogens with one attached hydrogen (secondary N) is 1. The first-order valence-electron chi connectivity index (χ1n) is 8.52. The van der Waals surface area contributed by atoms with E-state index in [-0.39, 0.29) is 12.1 Å². The number of nitro benzene ring substituents is 1. The number of hydrogen-bond donors (Lipinski definition) is 2. The standard InChI is InChI=1S/C20H22N2O5/c1-12-8-13(2)10-15(9-12)11-18(14(3)20(24)25)19(23)21-16-4-6-17(7-5-16)22(26)27/h4-10,14,18H,11H2,1-3H3,(H,21,23)(H,24,25)/t14-,18-/m1/s1. The van der Waals surface area contributed by atoms with E-state index in [1.165, 1.54) is 31.2 Å². The van der Waals surface area contributed by atoms with Crippen LogP contribution in [-0.4, -0.2) is 21.9 Å². The summed E-state index contributed by atoms with van der Waals surface area (Å²) in [6.07, 6.45) is 0.287. The fourth-order valence-electron chi connectivity index (χ4n) is 3.01. The zero-order chi connectivity index (χ0) is 20.1. The van der Waals surface area contributed by atoms with E-state index < -0.39 is 28.6 Å². The van der Waals surface area contributed by atoms with E-state index in [1.54, 1.807) is 0 Å². The molecule has 0 saturated carbocycles. The first-order valence-corrected chi connectivity index (χ1v) is 8.52. The molecule has 0 radical (unpaired) electrons. The van der Waals surface area contributed by atoms with Crippen molar-refractivity contribution in [2.45, 2.75) is 27.2 Å². The SMILES string of the molecule is Cc1cc(C)cc(C[C@@H](C(=O)Nc2ccc([N+](=O)[O-])cc2)[C@@H](C)C(=O)O)c1. The van der Waals surface area contributed by atoms with Crippen molar-refractivity contribution >= 4 is 23.3 Å². The van der Waals surface area contributed by atoms with Crippen molar-refractivity contribution in [1.82, 2.24) is 0 Å². The summed E-state index contributed by atoms with van der Waals surface area (Å²) in [5.41, 5.74) is 3.28. The second-order valence-electron chi connectivity index (χ2n) is 6.73. The lowest BCUT2D eigenvalue weighted by molar-refractivity contribution is -0.384. The number of rotatable bonds is 7. The number of amides is 1. The lowest BCUT2D eigenvalue weighted by Crippen LogP contribution is -2.33. The molecule has 2 N–H and O–H groups in total. The Balaban J connectivity index is 2.23. The van der Waals surface area contributed by atoms with Gasteiger partial charge in [0.15, 0.2) is 0 Å². The second-order valence-corrected chi connectivity index (χ2v) is 6.73. The van der Waals surface area contributed by atoms with Crippen LogP contribution >= 0.6 is 0 Å². The monoisotopic (exact) mass is 370 g/mol. The van der Waals surface area contributed by atoms with Crippen molar-refractivity contribution in [2.75, 3.05) is 5.32 Å². The van der Waals surface area contributed by atoms with Crippen LogP contribution in [0.5, 0.6) is 0 Å². The highest BCUT2D eigenvalue weighted by atomic mass is 16.6. The van der Waals surface area contributed by atoms with Crippen LogP contribution in [0.15, 0.2) is 42.5 Å². The van der Waals surface area contributed by atoms with Gasteiger partial charge >= 0.3 is 5.97 Å². The number of nitrogens with zero attached hydrogens (tertiary/aromatic N) is 1. The minimum atomic E-state index is -1.05. The number of non-ortho nitro benzene ring substituents is 1. The number of aliphatic carboxylic acids is 1. The molecule has 0 saturated heterocycles. The van der Waals surface area contributed by atoms with Gasteiger partial charge in [0.25, 0.3) is 5.69 Å². The summed E-state index contributed by atoms with van der Waals surface area (Å²) in [4.78, 5) is 34.4. The maximum Gasteiger partial charge on any atom is 0.307 e. The van der Waals surface area contributed by atoms with Gasteiger partial charge in [-0.2, -0.15) is 0 Å². The molecule has 0 aliphatic rings. The predicted octanol–water partition coefficient (Wildman–Crippen LogP) is 3.73. The Bertz CT molecular complexity index is 841. The second kappa shape index (κ2) is 8.44. The van der Waals surface area contributed by atoms with E-state index in [1.807, 2.05) is 32.0 Å². The summed E-state index contributed by atoms with van der Waals surface area (Å²) in [6.45, 7) is 5.40. The highest BCUT2D eigenvalue weighted by Gasteiger charge is 2.30. The number of nitro groups is 1. The van der Waals surface area contributed by atoms with Crippen molar-refractivity contribution in [3.8, 4) is 0 Å². The molecular formula is C20H22N2O5. The van der Waals surface area contributed by atoms with Crippen molar-refractivity contribution < 1.29 is 19.6 Å². The molecule has 2 atom stereocenters. The number of anilines is 1. The number of carboxylic acids is 1. The molecule has 7 heteroatoms. The van der Waals surface area contributed by atoms with E-state index in [0.29, 0.717) is 5.69 Å². The third kappa shape index (κ3) is 5.37. The van der Waals surface area contributed by atoms with E-state index in [4.69, 9.17) is 0 Å². The Morgan fingerprint density at radius 1 is 1.11 bits per heavy atom. The topological polar surface area (TPSA) is 110 Å². The molecule has 1 amide bonds. The molecule has 0 fully saturated rings. The lowest BCUT2D eigenvalue weighted by Gasteiger charge is -2.21. The van der Waals surface area contributed by atoms with Gasteiger partial charge in [0.2, 0.25) is 5.91 Å². The number of carbonyl (C=O) groups excluding carboxylic acids is 1. The number of hydrogen-bond acceptors (Lipinski definition) is 4. The molecule has 0 heterocycles. The van der Waals surface area contributed by atoms with Crippen LogP contribution < -0.4 is 5.32 Å². The Labute approximate surface area is 157 Å². The summed E-state index contributed by atoms with van der Waals surface area (Å²) >= 11 is 0. The maximum absolute atomic E-state index is 12.7. The third-order valence-corrected chi connectivity index (χ3v) is 4.41. The van der Waals surface area contributed by atoms with Crippen molar-refractivity contribution in [3.63, 3.8) is 0 Å². The van der Waals surface area contributed by atoms with Crippen molar-refractivity contribution in [3.05, 3.63) is 69.3 Å². The molecule has 2 rings (SSSR count). The van der Waals surface area contributed by atoms with Crippen LogP contribution in [0.25, 0.3) is 0 Å². The fraction of sp³-hybridized carbons (Fsp3) is 0.300. The molecule has 0 aromatic heterocycles. The number of benzene rings is 2. The molecule has 2 aromatic carbocycles. The normalized spacial score (nSPS) is 12.9. The average Bonchev–Trinajstić information content (AvgIpc) is 2.58. The van der Waals surface area contributed by atoms with Gasteiger partial charge < -0.3 is 10.4 Å². The number of aryl methyl sites for hydroxylation is 2. The smallest absolute Gasteiger partial charge is 0.307 e. The van der Waals surface area contributed by atoms with E-state index in [0.717, 1.165) is 16.7 Å². The first kappa shape index (κ1) is 20.1. The zero-order valence-corrected chi connectivity index (χ0v) is 15.4. The van der Waals surface area contributed by atoms with Crippen LogP contribution in [-0.2, 0) is 16.0 Å². The lowest BCUT2D eigenvalue weighted by atomic mass is 9.86. The zero-order valence-electron chi connectivity index (χ0n) is 15.4. The molecule has 2 aromatic rings. The van der Waals surface area contributed by atoms with Gasteiger partial charge in [-0.15, -0.1) is 0 Å². The first-order chi connectivity index (χ1) is 12.7. The molecule has 0 bridgehead atoms. The van der Waals surface area contributed by atoms with Gasteiger partial charge in [0.1, 0.15) is 0 Å². The quantitative estimate of drug-likeness (QED) is 0.570. The number of carbonyl (C=O) groups is 2. The van der Waals surface area contributed by atoms with Gasteiger partial charge in [-0.05, 0) is 38.0 Å². The highest BCUT2D eigenvalue weighted by molar-refractivity contribution is 5.95. The minimum absolute atomic E-state index is 0.0845.